The molecule has 2 atom stereocenters. The van der Waals surface area contributed by atoms with Gasteiger partial charge in [-0.3, -0.25) is 9.59 Å². The highest BCUT2D eigenvalue weighted by atomic mass is 32.2. The average Bonchev–Trinajstić information content (AvgIpc) is 3.20. The van der Waals surface area contributed by atoms with E-state index in [1.807, 2.05) is 24.3 Å². The topological polar surface area (TPSA) is 116 Å². The SMILES string of the molecule is O=C(NCC(=O)N1CC(CO)C[C@H]1C(=O)O)c1ccc2c(c1)Oc1ccccc1S2. The molecule has 3 N–H and O–H groups in total. The van der Waals surface area contributed by atoms with Crippen molar-refractivity contribution < 1.29 is 29.3 Å². The number of para-hydroxylation sites is 1. The molecule has 2 aromatic carbocycles. The number of benzene rings is 2. The van der Waals surface area contributed by atoms with Crippen molar-refractivity contribution in [2.45, 2.75) is 22.3 Å². The normalized spacial score (nSPS) is 19.4. The molecule has 8 nitrogen and oxygen atoms in total. The van der Waals surface area contributed by atoms with Crippen molar-refractivity contribution in [2.75, 3.05) is 19.7 Å². The Hall–Kier alpha value is -3.04. The lowest BCUT2D eigenvalue weighted by molar-refractivity contribution is -0.147. The van der Waals surface area contributed by atoms with Gasteiger partial charge in [0.15, 0.2) is 0 Å². The summed E-state index contributed by atoms with van der Waals surface area (Å²) in [4.78, 5) is 39.5. The number of aliphatic hydroxyl groups excluding tert-OH is 1. The minimum atomic E-state index is -1.12. The van der Waals surface area contributed by atoms with Crippen molar-refractivity contribution in [3.05, 3.63) is 48.0 Å². The Morgan fingerprint density at radius 1 is 1.13 bits per heavy atom. The van der Waals surface area contributed by atoms with Gasteiger partial charge in [0.2, 0.25) is 5.91 Å². The fraction of sp³-hybridized carbons (Fsp3) is 0.286. The second kappa shape index (κ2) is 8.37. The number of fused-ring (bicyclic) bond motifs is 2. The minimum Gasteiger partial charge on any atom is -0.480 e. The van der Waals surface area contributed by atoms with Gasteiger partial charge in [0.1, 0.15) is 17.5 Å². The number of aliphatic carboxylic acids is 1. The molecule has 30 heavy (non-hydrogen) atoms. The Labute approximate surface area is 176 Å². The van der Waals surface area contributed by atoms with E-state index in [1.165, 1.54) is 4.90 Å². The zero-order valence-corrected chi connectivity index (χ0v) is 16.7. The van der Waals surface area contributed by atoms with Crippen molar-refractivity contribution >= 4 is 29.5 Å². The van der Waals surface area contributed by atoms with Crippen LogP contribution >= 0.6 is 11.8 Å². The molecule has 0 radical (unpaired) electrons. The molecule has 0 aromatic heterocycles. The van der Waals surface area contributed by atoms with Crippen LogP contribution in [0.4, 0.5) is 0 Å². The van der Waals surface area contributed by atoms with Gasteiger partial charge in [-0.15, -0.1) is 0 Å². The molecule has 2 heterocycles. The lowest BCUT2D eigenvalue weighted by atomic mass is 10.1. The molecule has 0 aliphatic carbocycles. The Kier molecular flexibility index (Phi) is 5.65. The summed E-state index contributed by atoms with van der Waals surface area (Å²) < 4.78 is 5.87. The maximum atomic E-state index is 12.5. The first kappa shape index (κ1) is 20.2. The molecular formula is C21H20N2O6S. The molecule has 2 aliphatic rings. The van der Waals surface area contributed by atoms with Gasteiger partial charge >= 0.3 is 5.97 Å². The number of carbonyl (C=O) groups excluding carboxylic acids is 2. The van der Waals surface area contributed by atoms with E-state index in [-0.39, 0.29) is 32.0 Å². The fourth-order valence-electron chi connectivity index (χ4n) is 3.59. The zero-order valence-electron chi connectivity index (χ0n) is 15.9. The van der Waals surface area contributed by atoms with Crippen LogP contribution in [-0.4, -0.2) is 58.6 Å². The van der Waals surface area contributed by atoms with Crippen LogP contribution in [0.25, 0.3) is 0 Å². The molecule has 2 aromatic rings. The highest BCUT2D eigenvalue weighted by molar-refractivity contribution is 7.99. The summed E-state index contributed by atoms with van der Waals surface area (Å²) >= 11 is 1.55. The number of amides is 2. The van der Waals surface area contributed by atoms with Gasteiger partial charge < -0.3 is 25.2 Å². The summed E-state index contributed by atoms with van der Waals surface area (Å²) in [5.74, 6) is -1.06. The quantitative estimate of drug-likeness (QED) is 0.569. The van der Waals surface area contributed by atoms with Crippen LogP contribution in [0.15, 0.2) is 52.3 Å². The summed E-state index contributed by atoms with van der Waals surface area (Å²) in [6, 6.07) is 11.7. The van der Waals surface area contributed by atoms with Crippen molar-refractivity contribution in [1.29, 1.82) is 0 Å². The van der Waals surface area contributed by atoms with E-state index < -0.39 is 23.8 Å². The first-order valence-corrected chi connectivity index (χ1v) is 10.3. The number of carbonyl (C=O) groups is 3. The zero-order chi connectivity index (χ0) is 21.3. The molecule has 2 aliphatic heterocycles. The first-order valence-electron chi connectivity index (χ1n) is 9.46. The van der Waals surface area contributed by atoms with Crippen molar-refractivity contribution in [3.8, 4) is 11.5 Å². The smallest absolute Gasteiger partial charge is 0.326 e. The van der Waals surface area contributed by atoms with E-state index >= 15 is 0 Å². The van der Waals surface area contributed by atoms with Crippen LogP contribution in [0.1, 0.15) is 16.8 Å². The van der Waals surface area contributed by atoms with Gasteiger partial charge in [0.25, 0.3) is 5.91 Å². The van der Waals surface area contributed by atoms with Crippen LogP contribution in [0.5, 0.6) is 11.5 Å². The molecule has 0 bridgehead atoms. The highest BCUT2D eigenvalue weighted by Crippen LogP contribution is 2.46. The van der Waals surface area contributed by atoms with Gasteiger partial charge in [0.05, 0.1) is 16.3 Å². The van der Waals surface area contributed by atoms with Crippen LogP contribution in [0, 0.1) is 5.92 Å². The minimum absolute atomic E-state index is 0.158. The second-order valence-electron chi connectivity index (χ2n) is 7.18. The van der Waals surface area contributed by atoms with E-state index in [2.05, 4.69) is 5.32 Å². The third kappa shape index (κ3) is 3.99. The summed E-state index contributed by atoms with van der Waals surface area (Å²) in [5, 5.41) is 21.1. The van der Waals surface area contributed by atoms with Crippen LogP contribution in [0.2, 0.25) is 0 Å². The summed E-state index contributed by atoms with van der Waals surface area (Å²) in [6.45, 7) is -0.349. The number of nitrogens with one attached hydrogen (secondary N) is 1. The number of aliphatic hydroxyl groups is 1. The Morgan fingerprint density at radius 2 is 1.90 bits per heavy atom. The second-order valence-corrected chi connectivity index (χ2v) is 8.26. The largest absolute Gasteiger partial charge is 0.480 e. The molecule has 9 heteroatoms. The van der Waals surface area contributed by atoms with Gasteiger partial charge in [-0.25, -0.2) is 4.79 Å². The lowest BCUT2D eigenvalue weighted by Crippen LogP contribution is -2.45. The van der Waals surface area contributed by atoms with E-state index in [9.17, 15) is 24.6 Å². The third-order valence-corrected chi connectivity index (χ3v) is 6.26. The molecule has 2 amide bonds. The molecule has 156 valence electrons. The standard InChI is InChI=1S/C21H20N2O6S/c24-11-12-7-14(21(27)28)23(10-12)19(25)9-22-20(26)13-5-6-18-16(8-13)29-15-3-1-2-4-17(15)30-18/h1-6,8,12,14,24H,7,9-11H2,(H,22,26)(H,27,28)/t12?,14-/m0/s1. The predicted octanol–water partition coefficient (Wildman–Crippen LogP) is 1.97. The lowest BCUT2D eigenvalue weighted by Gasteiger charge is -2.22. The number of ether oxygens (including phenoxy) is 1. The number of carboxylic acids is 1. The Bertz CT molecular complexity index is 1010. The van der Waals surface area contributed by atoms with Gasteiger partial charge in [-0.05, 0) is 36.8 Å². The van der Waals surface area contributed by atoms with E-state index in [0.29, 0.717) is 11.3 Å². The first-order chi connectivity index (χ1) is 14.5. The molecule has 1 unspecified atom stereocenters. The molecule has 4 rings (SSSR count). The summed E-state index contributed by atoms with van der Waals surface area (Å²) in [5.41, 5.74) is 0.339. The summed E-state index contributed by atoms with van der Waals surface area (Å²) in [6.07, 6.45) is 0.201. The van der Waals surface area contributed by atoms with E-state index in [4.69, 9.17) is 4.74 Å². The average molecular weight is 428 g/mol. The van der Waals surface area contributed by atoms with Gasteiger partial charge in [0, 0.05) is 24.6 Å². The van der Waals surface area contributed by atoms with Crippen molar-refractivity contribution in [1.82, 2.24) is 10.2 Å². The monoisotopic (exact) mass is 428 g/mol. The van der Waals surface area contributed by atoms with Crippen molar-refractivity contribution in [2.24, 2.45) is 5.92 Å². The van der Waals surface area contributed by atoms with Crippen LogP contribution < -0.4 is 10.1 Å². The number of hydrogen-bond donors (Lipinski definition) is 3. The Morgan fingerprint density at radius 3 is 2.67 bits per heavy atom. The van der Waals surface area contributed by atoms with Crippen LogP contribution in [0.3, 0.4) is 0 Å². The number of likely N-dealkylation sites (tertiary alicyclic amines) is 1. The fourth-order valence-corrected chi connectivity index (χ4v) is 4.52. The van der Waals surface area contributed by atoms with E-state index in [1.54, 1.807) is 30.0 Å². The van der Waals surface area contributed by atoms with Gasteiger partial charge in [-0.2, -0.15) is 0 Å². The van der Waals surface area contributed by atoms with Crippen LogP contribution in [-0.2, 0) is 9.59 Å². The Balaban J connectivity index is 1.40. The highest BCUT2D eigenvalue weighted by Gasteiger charge is 2.39. The third-order valence-electron chi connectivity index (χ3n) is 5.15. The number of nitrogens with zero attached hydrogens (tertiary/aromatic N) is 1. The maximum Gasteiger partial charge on any atom is 0.326 e. The molecule has 1 saturated heterocycles. The number of carboxylic acid groups (broad SMARTS) is 1. The van der Waals surface area contributed by atoms with Crippen molar-refractivity contribution in [3.63, 3.8) is 0 Å². The molecule has 0 saturated carbocycles. The number of rotatable bonds is 5. The molecule has 0 spiro atoms. The number of hydrogen-bond acceptors (Lipinski definition) is 6. The van der Waals surface area contributed by atoms with Gasteiger partial charge in [-0.1, -0.05) is 23.9 Å². The summed E-state index contributed by atoms with van der Waals surface area (Å²) in [7, 11) is 0. The van der Waals surface area contributed by atoms with E-state index in [0.717, 1.165) is 15.5 Å². The molecule has 1 fully saturated rings. The maximum absolute atomic E-state index is 12.5. The predicted molar refractivity (Wildman–Crippen MR) is 108 cm³/mol. The molecular weight excluding hydrogens is 408 g/mol.